The highest BCUT2D eigenvalue weighted by molar-refractivity contribution is 6.01. The molecule has 0 aromatic heterocycles. The summed E-state index contributed by atoms with van der Waals surface area (Å²) in [5.41, 5.74) is 10.6. The van der Waals surface area contributed by atoms with E-state index < -0.39 is 17.7 Å². The quantitative estimate of drug-likeness (QED) is 0.648. The summed E-state index contributed by atoms with van der Waals surface area (Å²) in [4.78, 5) is 33.0. The Bertz CT molecular complexity index is 393. The molecule has 1 atom stereocenters. The smallest absolute Gasteiger partial charge is 0.248 e. The topological polar surface area (TPSA) is 103 Å². The van der Waals surface area contributed by atoms with E-state index in [9.17, 15) is 14.4 Å². The summed E-state index contributed by atoms with van der Waals surface area (Å²) in [5.74, 6) is -1.91. The Morgan fingerprint density at radius 1 is 1.27 bits per heavy atom. The predicted octanol–water partition coefficient (Wildman–Crippen LogP) is -0.581. The van der Waals surface area contributed by atoms with Gasteiger partial charge >= 0.3 is 0 Å². The number of carbonyl (C=O) groups is 3. The maximum absolute atomic E-state index is 11.2. The Labute approximate surface area is 86.8 Å². The molecule has 4 N–H and O–H groups in total. The Morgan fingerprint density at radius 3 is 2.27 bits per heavy atom. The van der Waals surface area contributed by atoms with Crippen LogP contribution in [-0.4, -0.2) is 17.6 Å². The van der Waals surface area contributed by atoms with E-state index in [1.54, 1.807) is 0 Å². The normalized spacial score (nSPS) is 20.2. The van der Waals surface area contributed by atoms with Crippen molar-refractivity contribution in [3.63, 3.8) is 0 Å². The van der Waals surface area contributed by atoms with Gasteiger partial charge in [0.05, 0.1) is 0 Å². The minimum atomic E-state index is -0.667. The lowest BCUT2D eigenvalue weighted by Crippen LogP contribution is -2.25. The number of carbonyl (C=O) groups excluding carboxylic acids is 3. The third-order valence-electron chi connectivity index (χ3n) is 2.27. The van der Waals surface area contributed by atoms with Crippen LogP contribution in [0.1, 0.15) is 13.3 Å². The summed E-state index contributed by atoms with van der Waals surface area (Å²) >= 11 is 0. The van der Waals surface area contributed by atoms with Crippen LogP contribution >= 0.6 is 0 Å². The van der Waals surface area contributed by atoms with Gasteiger partial charge in [-0.25, -0.2) is 0 Å². The van der Waals surface area contributed by atoms with Crippen LogP contribution in [0.5, 0.6) is 0 Å². The molecule has 0 bridgehead atoms. The van der Waals surface area contributed by atoms with Gasteiger partial charge in [0.25, 0.3) is 0 Å². The molecular weight excluding hydrogens is 196 g/mol. The zero-order valence-corrected chi connectivity index (χ0v) is 8.32. The number of nitrogens with two attached hydrogens (primary N) is 2. The van der Waals surface area contributed by atoms with Crippen molar-refractivity contribution in [3.05, 3.63) is 23.3 Å². The van der Waals surface area contributed by atoms with Crippen molar-refractivity contribution in [2.24, 2.45) is 17.4 Å². The second kappa shape index (κ2) is 4.08. The summed E-state index contributed by atoms with van der Waals surface area (Å²) in [6.45, 7) is 1.39. The number of hydrogen-bond acceptors (Lipinski definition) is 3. The molecule has 5 heteroatoms. The predicted molar refractivity (Wildman–Crippen MR) is 53.3 cm³/mol. The molecule has 2 amide bonds. The molecule has 15 heavy (non-hydrogen) atoms. The van der Waals surface area contributed by atoms with E-state index in [-0.39, 0.29) is 23.4 Å². The van der Waals surface area contributed by atoms with Crippen LogP contribution in [0.2, 0.25) is 0 Å². The monoisotopic (exact) mass is 208 g/mol. The first-order valence-corrected chi connectivity index (χ1v) is 4.44. The van der Waals surface area contributed by atoms with E-state index in [0.717, 1.165) is 0 Å². The molecular formula is C10H12N2O3. The SMILES string of the molecule is CC(=O)C1C=C(C(N)=O)C=C(C(N)=O)C1. The largest absolute Gasteiger partial charge is 0.366 e. The Hall–Kier alpha value is -1.91. The molecule has 0 radical (unpaired) electrons. The van der Waals surface area contributed by atoms with Gasteiger partial charge in [-0.3, -0.25) is 14.4 Å². The van der Waals surface area contributed by atoms with Crippen LogP contribution in [0.4, 0.5) is 0 Å². The van der Waals surface area contributed by atoms with Gasteiger partial charge in [0.2, 0.25) is 11.8 Å². The van der Waals surface area contributed by atoms with E-state index in [4.69, 9.17) is 11.5 Å². The zero-order valence-electron chi connectivity index (χ0n) is 8.32. The summed E-state index contributed by atoms with van der Waals surface area (Å²) in [6, 6.07) is 0. The first-order valence-electron chi connectivity index (χ1n) is 4.44. The average Bonchev–Trinajstić information content (AvgIpc) is 2.16. The van der Waals surface area contributed by atoms with Crippen LogP contribution in [0.3, 0.4) is 0 Å². The van der Waals surface area contributed by atoms with E-state index in [0.29, 0.717) is 0 Å². The summed E-state index contributed by atoms with van der Waals surface area (Å²) < 4.78 is 0. The molecule has 0 fully saturated rings. The third kappa shape index (κ3) is 2.52. The zero-order chi connectivity index (χ0) is 11.6. The first kappa shape index (κ1) is 11.2. The fraction of sp³-hybridized carbons (Fsp3) is 0.300. The van der Waals surface area contributed by atoms with Gasteiger partial charge in [-0.15, -0.1) is 0 Å². The summed E-state index contributed by atoms with van der Waals surface area (Å²) in [5, 5.41) is 0. The molecule has 1 aliphatic carbocycles. The van der Waals surface area contributed by atoms with Gasteiger partial charge in [0.1, 0.15) is 5.78 Å². The summed E-state index contributed by atoms with van der Waals surface area (Å²) in [7, 11) is 0. The Kier molecular flexibility index (Phi) is 3.04. The molecule has 0 aromatic carbocycles. The lowest BCUT2D eigenvalue weighted by atomic mass is 9.87. The van der Waals surface area contributed by atoms with Crippen LogP contribution in [0.15, 0.2) is 23.3 Å². The van der Waals surface area contributed by atoms with E-state index in [1.165, 1.54) is 19.1 Å². The van der Waals surface area contributed by atoms with Gasteiger partial charge < -0.3 is 11.5 Å². The van der Waals surface area contributed by atoms with Crippen molar-refractivity contribution in [2.75, 3.05) is 0 Å². The molecule has 0 spiro atoms. The second-order valence-corrected chi connectivity index (χ2v) is 3.44. The fourth-order valence-electron chi connectivity index (χ4n) is 1.39. The molecule has 0 aliphatic heterocycles. The molecule has 0 aromatic rings. The lowest BCUT2D eigenvalue weighted by molar-refractivity contribution is -0.119. The number of primary amides is 2. The Balaban J connectivity index is 3.07. The number of hydrogen-bond donors (Lipinski definition) is 2. The van der Waals surface area contributed by atoms with Crippen molar-refractivity contribution < 1.29 is 14.4 Å². The van der Waals surface area contributed by atoms with Gasteiger partial charge in [0.15, 0.2) is 0 Å². The van der Waals surface area contributed by atoms with Crippen molar-refractivity contribution in [3.8, 4) is 0 Å². The molecule has 1 aliphatic rings. The fourth-order valence-corrected chi connectivity index (χ4v) is 1.39. The molecule has 5 nitrogen and oxygen atoms in total. The number of amides is 2. The standard InChI is InChI=1S/C10H12N2O3/c1-5(13)6-2-7(9(11)14)4-8(3-6)10(12)15/h2,4,6H,3H2,1H3,(H2,11,14)(H2,12,15). The molecule has 80 valence electrons. The third-order valence-corrected chi connectivity index (χ3v) is 2.27. The molecule has 1 unspecified atom stereocenters. The maximum Gasteiger partial charge on any atom is 0.248 e. The number of rotatable bonds is 3. The highest BCUT2D eigenvalue weighted by Crippen LogP contribution is 2.23. The van der Waals surface area contributed by atoms with Crippen molar-refractivity contribution in [2.45, 2.75) is 13.3 Å². The van der Waals surface area contributed by atoms with Gasteiger partial charge in [-0.05, 0) is 19.4 Å². The van der Waals surface area contributed by atoms with Gasteiger partial charge in [0, 0.05) is 17.1 Å². The van der Waals surface area contributed by atoms with Crippen molar-refractivity contribution in [1.82, 2.24) is 0 Å². The number of allylic oxidation sites excluding steroid dienone is 1. The second-order valence-electron chi connectivity index (χ2n) is 3.44. The minimum Gasteiger partial charge on any atom is -0.366 e. The number of Topliss-reactive ketones (excluding diaryl/α,β-unsaturated/α-hetero) is 1. The molecule has 0 saturated heterocycles. The van der Waals surface area contributed by atoms with E-state index in [2.05, 4.69) is 0 Å². The van der Waals surface area contributed by atoms with Gasteiger partial charge in [-0.2, -0.15) is 0 Å². The van der Waals surface area contributed by atoms with Crippen molar-refractivity contribution in [1.29, 1.82) is 0 Å². The number of ketones is 1. The highest BCUT2D eigenvalue weighted by atomic mass is 16.1. The highest BCUT2D eigenvalue weighted by Gasteiger charge is 2.23. The molecule has 0 saturated carbocycles. The van der Waals surface area contributed by atoms with E-state index in [1.807, 2.05) is 0 Å². The van der Waals surface area contributed by atoms with Crippen LogP contribution in [-0.2, 0) is 14.4 Å². The first-order chi connectivity index (χ1) is 6.91. The maximum atomic E-state index is 11.2. The molecule has 0 heterocycles. The van der Waals surface area contributed by atoms with Crippen LogP contribution in [0.25, 0.3) is 0 Å². The van der Waals surface area contributed by atoms with Gasteiger partial charge in [-0.1, -0.05) is 6.08 Å². The minimum absolute atomic E-state index is 0.124. The average molecular weight is 208 g/mol. The molecule has 1 rings (SSSR count). The van der Waals surface area contributed by atoms with Crippen LogP contribution in [0, 0.1) is 5.92 Å². The summed E-state index contributed by atoms with van der Waals surface area (Å²) in [6.07, 6.45) is 3.04. The van der Waals surface area contributed by atoms with Crippen molar-refractivity contribution >= 4 is 17.6 Å². The van der Waals surface area contributed by atoms with Crippen LogP contribution < -0.4 is 11.5 Å². The Morgan fingerprint density at radius 2 is 1.87 bits per heavy atom. The van der Waals surface area contributed by atoms with E-state index >= 15 is 0 Å². The lowest BCUT2D eigenvalue weighted by Gasteiger charge is -2.16.